The molecule has 0 spiro atoms. The minimum Gasteiger partial charge on any atom is -0.366 e. The monoisotopic (exact) mass is 386 g/mol. The molecule has 14 heavy (non-hydrogen) atoms. The summed E-state index contributed by atoms with van der Waals surface area (Å²) in [4.78, 5) is 1.34. The van der Waals surface area contributed by atoms with Gasteiger partial charge in [-0.3, -0.25) is 0 Å². The summed E-state index contributed by atoms with van der Waals surface area (Å²) in [6, 6.07) is 2.18. The first kappa shape index (κ1) is 11.4. The van der Waals surface area contributed by atoms with Crippen LogP contribution in [0.5, 0.6) is 0 Å². The SMILES string of the molecule is CC1(c2cc(Br)cs2)CCC(CI)O1. The molecule has 1 aliphatic rings. The summed E-state index contributed by atoms with van der Waals surface area (Å²) in [5, 5.41) is 2.13. The molecule has 0 saturated carbocycles. The van der Waals surface area contributed by atoms with E-state index in [9.17, 15) is 0 Å². The first-order valence-electron chi connectivity index (χ1n) is 4.62. The number of hydrogen-bond donors (Lipinski definition) is 0. The Morgan fingerprint density at radius 2 is 2.57 bits per heavy atom. The lowest BCUT2D eigenvalue weighted by Gasteiger charge is -2.23. The molecule has 1 aromatic heterocycles. The Labute approximate surface area is 110 Å². The molecule has 2 heterocycles. The second-order valence-corrected chi connectivity index (χ2v) is 6.50. The third-order valence-corrected chi connectivity index (χ3v) is 5.55. The lowest BCUT2D eigenvalue weighted by atomic mass is 10.0. The van der Waals surface area contributed by atoms with Gasteiger partial charge in [-0.05, 0) is 41.8 Å². The van der Waals surface area contributed by atoms with Crippen molar-refractivity contribution in [1.82, 2.24) is 0 Å². The van der Waals surface area contributed by atoms with Crippen molar-refractivity contribution in [2.24, 2.45) is 0 Å². The summed E-state index contributed by atoms with van der Waals surface area (Å²) in [6.45, 7) is 2.21. The Bertz CT molecular complexity index is 328. The minimum absolute atomic E-state index is 0.0352. The smallest absolute Gasteiger partial charge is 0.1000 e. The normalized spacial score (nSPS) is 32.4. The highest BCUT2D eigenvalue weighted by atomic mass is 127. The van der Waals surface area contributed by atoms with Crippen LogP contribution in [0, 0.1) is 0 Å². The van der Waals surface area contributed by atoms with E-state index in [2.05, 4.69) is 56.9 Å². The van der Waals surface area contributed by atoms with Gasteiger partial charge in [-0.15, -0.1) is 11.3 Å². The molecule has 1 saturated heterocycles. The van der Waals surface area contributed by atoms with E-state index in [1.165, 1.54) is 15.8 Å². The molecule has 0 aliphatic carbocycles. The van der Waals surface area contributed by atoms with E-state index in [1.807, 2.05) is 0 Å². The van der Waals surface area contributed by atoms with Crippen LogP contribution in [-0.2, 0) is 10.3 Å². The van der Waals surface area contributed by atoms with Crippen molar-refractivity contribution >= 4 is 49.9 Å². The van der Waals surface area contributed by atoms with Gasteiger partial charge in [0.15, 0.2) is 0 Å². The molecule has 1 nitrogen and oxygen atoms in total. The van der Waals surface area contributed by atoms with E-state index in [1.54, 1.807) is 11.3 Å². The Morgan fingerprint density at radius 3 is 3.07 bits per heavy atom. The predicted molar refractivity (Wildman–Crippen MR) is 72.4 cm³/mol. The molecule has 2 atom stereocenters. The summed E-state index contributed by atoms with van der Waals surface area (Å²) in [6.07, 6.45) is 2.78. The summed E-state index contributed by atoms with van der Waals surface area (Å²) in [5.74, 6) is 0. The zero-order chi connectivity index (χ0) is 10.2. The molecule has 2 unspecified atom stereocenters. The third kappa shape index (κ3) is 2.18. The van der Waals surface area contributed by atoms with Crippen LogP contribution in [0.2, 0.25) is 0 Å². The molecule has 78 valence electrons. The fourth-order valence-corrected chi connectivity index (χ4v) is 3.99. The van der Waals surface area contributed by atoms with Crippen LogP contribution in [-0.4, -0.2) is 10.5 Å². The molecule has 0 aromatic carbocycles. The van der Waals surface area contributed by atoms with Gasteiger partial charge >= 0.3 is 0 Å². The number of ether oxygens (including phenoxy) is 1. The summed E-state index contributed by atoms with van der Waals surface area (Å²) in [5.41, 5.74) is -0.0352. The molecule has 0 amide bonds. The summed E-state index contributed by atoms with van der Waals surface area (Å²) >= 11 is 7.67. The van der Waals surface area contributed by atoms with E-state index in [4.69, 9.17) is 4.74 Å². The molecular formula is C10H12BrIOS. The molecule has 4 heteroatoms. The van der Waals surface area contributed by atoms with E-state index in [0.29, 0.717) is 6.10 Å². The Morgan fingerprint density at radius 1 is 1.79 bits per heavy atom. The van der Waals surface area contributed by atoms with Crippen molar-refractivity contribution < 1.29 is 4.74 Å². The maximum absolute atomic E-state index is 6.08. The quantitative estimate of drug-likeness (QED) is 0.542. The lowest BCUT2D eigenvalue weighted by molar-refractivity contribution is -0.0188. The highest BCUT2D eigenvalue weighted by molar-refractivity contribution is 14.1. The van der Waals surface area contributed by atoms with Crippen molar-refractivity contribution in [2.75, 3.05) is 4.43 Å². The highest BCUT2D eigenvalue weighted by Gasteiger charge is 2.37. The third-order valence-electron chi connectivity index (χ3n) is 2.63. The van der Waals surface area contributed by atoms with Crippen LogP contribution in [0.25, 0.3) is 0 Å². The largest absolute Gasteiger partial charge is 0.366 e. The highest BCUT2D eigenvalue weighted by Crippen LogP contribution is 2.42. The van der Waals surface area contributed by atoms with Gasteiger partial charge in [0.1, 0.15) is 0 Å². The zero-order valence-corrected chi connectivity index (χ0v) is 12.5. The standard InChI is InChI=1S/C10H12BrIOS/c1-10(3-2-8(5-12)13-10)9-4-7(11)6-14-9/h4,6,8H,2-3,5H2,1H3. The molecule has 1 fully saturated rings. The van der Waals surface area contributed by atoms with Crippen LogP contribution in [0.3, 0.4) is 0 Å². The van der Waals surface area contributed by atoms with Gasteiger partial charge in [0.05, 0.1) is 11.7 Å². The van der Waals surface area contributed by atoms with Crippen LogP contribution in [0.1, 0.15) is 24.6 Å². The van der Waals surface area contributed by atoms with Crippen molar-refractivity contribution in [3.8, 4) is 0 Å². The average Bonchev–Trinajstić information content (AvgIpc) is 2.73. The van der Waals surface area contributed by atoms with Gasteiger partial charge in [0.25, 0.3) is 0 Å². The van der Waals surface area contributed by atoms with Gasteiger partial charge in [0, 0.05) is 19.2 Å². The molecular weight excluding hydrogens is 375 g/mol. The molecule has 1 aliphatic heterocycles. The number of alkyl halides is 1. The molecule has 0 bridgehead atoms. The maximum Gasteiger partial charge on any atom is 0.1000 e. The van der Waals surface area contributed by atoms with Gasteiger partial charge in [-0.1, -0.05) is 22.6 Å². The van der Waals surface area contributed by atoms with Crippen LogP contribution < -0.4 is 0 Å². The first-order chi connectivity index (χ1) is 6.64. The topological polar surface area (TPSA) is 9.23 Å². The fourth-order valence-electron chi connectivity index (χ4n) is 1.80. The first-order valence-corrected chi connectivity index (χ1v) is 7.82. The van der Waals surface area contributed by atoms with Crippen LogP contribution in [0.4, 0.5) is 0 Å². The zero-order valence-electron chi connectivity index (χ0n) is 7.93. The molecule has 1 aromatic rings. The van der Waals surface area contributed by atoms with E-state index >= 15 is 0 Å². The van der Waals surface area contributed by atoms with Crippen LogP contribution >= 0.6 is 49.9 Å². The number of hydrogen-bond acceptors (Lipinski definition) is 2. The van der Waals surface area contributed by atoms with Crippen molar-refractivity contribution in [1.29, 1.82) is 0 Å². The Balaban J connectivity index is 2.18. The molecule has 0 radical (unpaired) electrons. The van der Waals surface area contributed by atoms with Crippen LogP contribution in [0.15, 0.2) is 15.9 Å². The molecule has 2 rings (SSSR count). The fraction of sp³-hybridized carbons (Fsp3) is 0.600. The van der Waals surface area contributed by atoms with E-state index in [0.717, 1.165) is 10.8 Å². The molecule has 0 N–H and O–H groups in total. The number of halogens is 2. The van der Waals surface area contributed by atoms with Crippen molar-refractivity contribution in [3.63, 3.8) is 0 Å². The van der Waals surface area contributed by atoms with Crippen molar-refractivity contribution in [2.45, 2.75) is 31.5 Å². The maximum atomic E-state index is 6.08. The predicted octanol–water partition coefficient (Wildman–Crippen LogP) is 4.34. The van der Waals surface area contributed by atoms with Gasteiger partial charge in [-0.25, -0.2) is 0 Å². The second-order valence-electron chi connectivity index (χ2n) is 3.79. The summed E-state index contributed by atoms with van der Waals surface area (Å²) < 4.78 is 8.34. The van der Waals surface area contributed by atoms with Gasteiger partial charge in [-0.2, -0.15) is 0 Å². The van der Waals surface area contributed by atoms with Gasteiger partial charge in [0.2, 0.25) is 0 Å². The summed E-state index contributed by atoms with van der Waals surface area (Å²) in [7, 11) is 0. The van der Waals surface area contributed by atoms with E-state index in [-0.39, 0.29) is 5.60 Å². The number of rotatable bonds is 2. The van der Waals surface area contributed by atoms with Crippen molar-refractivity contribution in [3.05, 3.63) is 20.8 Å². The lowest BCUT2D eigenvalue weighted by Crippen LogP contribution is -2.21. The minimum atomic E-state index is -0.0352. The number of thiophene rings is 1. The van der Waals surface area contributed by atoms with E-state index < -0.39 is 0 Å². The van der Waals surface area contributed by atoms with Gasteiger partial charge < -0.3 is 4.74 Å². The second kappa shape index (κ2) is 4.39. The average molecular weight is 387 g/mol. The Hall–Kier alpha value is 0.870. The Kier molecular flexibility index (Phi) is 3.56.